The number of pyridine rings is 1. The summed E-state index contributed by atoms with van der Waals surface area (Å²) in [5.74, 6) is 2.15. The van der Waals surface area contributed by atoms with Crippen LogP contribution in [0.5, 0.6) is 11.5 Å². The van der Waals surface area contributed by atoms with E-state index in [-0.39, 0.29) is 0 Å². The first kappa shape index (κ1) is 12.3. The van der Waals surface area contributed by atoms with E-state index in [1.54, 1.807) is 20.4 Å². The quantitative estimate of drug-likeness (QED) is 0.791. The highest BCUT2D eigenvalue weighted by atomic mass is 16.5. The van der Waals surface area contributed by atoms with Gasteiger partial charge in [-0.05, 0) is 35.7 Å². The Morgan fingerprint density at radius 2 is 1.75 bits per heavy atom. The van der Waals surface area contributed by atoms with Crippen molar-refractivity contribution < 1.29 is 9.47 Å². The number of ether oxygens (including phenoxy) is 2. The van der Waals surface area contributed by atoms with E-state index in [1.165, 1.54) is 0 Å². The molecule has 102 valence electrons. The molecule has 0 aliphatic rings. The Hall–Kier alpha value is -2.69. The first-order valence-corrected chi connectivity index (χ1v) is 6.22. The van der Waals surface area contributed by atoms with E-state index >= 15 is 0 Å². The summed E-state index contributed by atoms with van der Waals surface area (Å²) < 4.78 is 12.5. The fourth-order valence-electron chi connectivity index (χ4n) is 2.12. The van der Waals surface area contributed by atoms with Gasteiger partial charge < -0.3 is 9.47 Å². The summed E-state index contributed by atoms with van der Waals surface area (Å²) in [4.78, 5) is 4.38. The number of nitrogens with one attached hydrogen (secondary N) is 1. The Balaban J connectivity index is 2.13. The van der Waals surface area contributed by atoms with Gasteiger partial charge in [-0.3, -0.25) is 10.1 Å². The van der Waals surface area contributed by atoms with Crippen molar-refractivity contribution in [2.45, 2.75) is 0 Å². The Labute approximate surface area is 116 Å². The molecule has 5 heteroatoms. The second kappa shape index (κ2) is 5.13. The number of nitrogens with zero attached hydrogens (tertiary/aromatic N) is 2. The molecular formula is C15H15N3O2. The fraction of sp³-hybridized carbons (Fsp3) is 0.133. The van der Waals surface area contributed by atoms with E-state index in [0.29, 0.717) is 11.5 Å². The van der Waals surface area contributed by atoms with Gasteiger partial charge in [0.05, 0.1) is 14.2 Å². The van der Waals surface area contributed by atoms with Gasteiger partial charge >= 0.3 is 0 Å². The molecule has 1 N–H and O–H groups in total. The molecule has 0 amide bonds. The number of benzene rings is 1. The lowest BCUT2D eigenvalue weighted by Crippen LogP contribution is -2.07. The molecule has 0 unspecified atom stereocenters. The van der Waals surface area contributed by atoms with Crippen molar-refractivity contribution in [2.75, 3.05) is 19.6 Å². The van der Waals surface area contributed by atoms with Crippen molar-refractivity contribution in [2.24, 2.45) is 0 Å². The van der Waals surface area contributed by atoms with Gasteiger partial charge in [0.15, 0.2) is 17.3 Å². The predicted octanol–water partition coefficient (Wildman–Crippen LogP) is 2.93. The van der Waals surface area contributed by atoms with Crippen molar-refractivity contribution in [3.05, 3.63) is 48.9 Å². The van der Waals surface area contributed by atoms with Crippen LogP contribution in [0, 0.1) is 0 Å². The van der Waals surface area contributed by atoms with Gasteiger partial charge in [0, 0.05) is 24.0 Å². The number of hydrogen-bond acceptors (Lipinski definition) is 4. The molecule has 0 fully saturated rings. The maximum atomic E-state index is 5.35. The van der Waals surface area contributed by atoms with Crippen LogP contribution in [0.2, 0.25) is 0 Å². The molecule has 0 radical (unpaired) electrons. The van der Waals surface area contributed by atoms with E-state index in [4.69, 9.17) is 9.47 Å². The molecule has 5 nitrogen and oxygen atoms in total. The van der Waals surface area contributed by atoms with Crippen LogP contribution in [-0.4, -0.2) is 23.9 Å². The molecule has 3 aromatic rings. The molecule has 0 saturated heterocycles. The van der Waals surface area contributed by atoms with Crippen LogP contribution in [0.3, 0.4) is 0 Å². The zero-order valence-electron chi connectivity index (χ0n) is 11.3. The van der Waals surface area contributed by atoms with Crippen molar-refractivity contribution in [1.29, 1.82) is 0 Å². The standard InChI is InChI=1S/C15H15N3O2/c1-19-13-9-11-5-6-16-15(12(11)10-14(13)20-2)17-18-7-3-4-8-18/h3-10H,1-2H3,(H,16,17). The highest BCUT2D eigenvalue weighted by molar-refractivity contribution is 5.94. The van der Waals surface area contributed by atoms with Crippen LogP contribution in [0.4, 0.5) is 5.82 Å². The molecule has 0 saturated carbocycles. The van der Waals surface area contributed by atoms with Gasteiger partial charge in [0.2, 0.25) is 0 Å². The Bertz CT molecular complexity index is 723. The summed E-state index contributed by atoms with van der Waals surface area (Å²) in [7, 11) is 3.25. The first-order valence-electron chi connectivity index (χ1n) is 6.22. The number of rotatable bonds is 4. The van der Waals surface area contributed by atoms with Crippen molar-refractivity contribution in [3.8, 4) is 11.5 Å². The third-order valence-electron chi connectivity index (χ3n) is 3.11. The summed E-state index contributed by atoms with van der Waals surface area (Å²) in [6, 6.07) is 9.70. The number of fused-ring (bicyclic) bond motifs is 1. The summed E-state index contributed by atoms with van der Waals surface area (Å²) >= 11 is 0. The molecule has 2 aromatic heterocycles. The SMILES string of the molecule is COc1cc2ccnc(Nn3cccc3)c2cc1OC. The van der Waals surface area contributed by atoms with Gasteiger partial charge in [-0.1, -0.05) is 0 Å². The minimum absolute atomic E-state index is 0.684. The molecule has 20 heavy (non-hydrogen) atoms. The van der Waals surface area contributed by atoms with Crippen LogP contribution in [0.15, 0.2) is 48.9 Å². The third-order valence-corrected chi connectivity index (χ3v) is 3.11. The average Bonchev–Trinajstić information content (AvgIpc) is 2.99. The van der Waals surface area contributed by atoms with E-state index < -0.39 is 0 Å². The predicted molar refractivity (Wildman–Crippen MR) is 78.3 cm³/mol. The molecule has 0 aliphatic heterocycles. The summed E-state index contributed by atoms with van der Waals surface area (Å²) in [6.45, 7) is 0. The van der Waals surface area contributed by atoms with E-state index in [1.807, 2.05) is 47.4 Å². The Morgan fingerprint density at radius 3 is 2.45 bits per heavy atom. The van der Waals surface area contributed by atoms with Crippen LogP contribution >= 0.6 is 0 Å². The van der Waals surface area contributed by atoms with Crippen LogP contribution in [0.25, 0.3) is 10.8 Å². The maximum absolute atomic E-state index is 5.35. The van der Waals surface area contributed by atoms with E-state index in [0.717, 1.165) is 16.6 Å². The summed E-state index contributed by atoms with van der Waals surface area (Å²) in [6.07, 6.45) is 5.60. The minimum atomic E-state index is 0.684. The normalized spacial score (nSPS) is 10.5. The highest BCUT2D eigenvalue weighted by Gasteiger charge is 2.09. The molecule has 1 aromatic carbocycles. The van der Waals surface area contributed by atoms with Gasteiger partial charge in [0.25, 0.3) is 0 Å². The Morgan fingerprint density at radius 1 is 1.05 bits per heavy atom. The molecule has 0 aliphatic carbocycles. The molecule has 0 atom stereocenters. The zero-order valence-corrected chi connectivity index (χ0v) is 11.3. The summed E-state index contributed by atoms with van der Waals surface area (Å²) in [5, 5.41) is 2.01. The monoisotopic (exact) mass is 269 g/mol. The lowest BCUT2D eigenvalue weighted by atomic mass is 10.1. The first-order chi connectivity index (χ1) is 9.81. The molecule has 0 spiro atoms. The second-order valence-electron chi connectivity index (χ2n) is 4.29. The average molecular weight is 269 g/mol. The largest absolute Gasteiger partial charge is 0.493 e. The lowest BCUT2D eigenvalue weighted by molar-refractivity contribution is 0.356. The van der Waals surface area contributed by atoms with E-state index in [9.17, 15) is 0 Å². The van der Waals surface area contributed by atoms with Gasteiger partial charge in [-0.15, -0.1) is 0 Å². The lowest BCUT2D eigenvalue weighted by Gasteiger charge is -2.13. The molecule has 2 heterocycles. The smallest absolute Gasteiger partial charge is 0.161 e. The van der Waals surface area contributed by atoms with Crippen LogP contribution in [0.1, 0.15) is 0 Å². The number of hydrogen-bond donors (Lipinski definition) is 1. The van der Waals surface area contributed by atoms with E-state index in [2.05, 4.69) is 10.4 Å². The maximum Gasteiger partial charge on any atom is 0.161 e. The fourth-order valence-corrected chi connectivity index (χ4v) is 2.12. The van der Waals surface area contributed by atoms with Gasteiger partial charge in [-0.2, -0.15) is 0 Å². The molecule has 3 rings (SSSR count). The van der Waals surface area contributed by atoms with Crippen molar-refractivity contribution in [1.82, 2.24) is 9.66 Å². The second-order valence-corrected chi connectivity index (χ2v) is 4.29. The number of anilines is 1. The topological polar surface area (TPSA) is 48.3 Å². The summed E-state index contributed by atoms with van der Waals surface area (Å²) in [5.41, 5.74) is 3.22. The van der Waals surface area contributed by atoms with Crippen molar-refractivity contribution in [3.63, 3.8) is 0 Å². The minimum Gasteiger partial charge on any atom is -0.493 e. The number of aromatic nitrogens is 2. The molecule has 0 bridgehead atoms. The van der Waals surface area contributed by atoms with Crippen molar-refractivity contribution >= 4 is 16.6 Å². The zero-order chi connectivity index (χ0) is 13.9. The van der Waals surface area contributed by atoms with Gasteiger partial charge in [0.1, 0.15) is 0 Å². The Kier molecular flexibility index (Phi) is 3.16. The highest BCUT2D eigenvalue weighted by Crippen LogP contribution is 2.34. The number of methoxy groups -OCH3 is 2. The molecular weight excluding hydrogens is 254 g/mol. The van der Waals surface area contributed by atoms with Gasteiger partial charge in [-0.25, -0.2) is 4.98 Å². The van der Waals surface area contributed by atoms with Crippen LogP contribution < -0.4 is 14.9 Å². The third kappa shape index (κ3) is 2.14. The van der Waals surface area contributed by atoms with Crippen LogP contribution in [-0.2, 0) is 0 Å².